The van der Waals surface area contributed by atoms with Crippen molar-refractivity contribution in [2.45, 2.75) is 58.0 Å². The van der Waals surface area contributed by atoms with Crippen molar-refractivity contribution >= 4 is 0 Å². The molecule has 0 aromatic rings. The van der Waals surface area contributed by atoms with Crippen LogP contribution in [0.5, 0.6) is 0 Å². The molecule has 4 rings (SSSR count). The van der Waals surface area contributed by atoms with Gasteiger partial charge >= 0.3 is 0 Å². The number of fused-ring (bicyclic) bond motifs is 5. The normalized spacial score (nSPS) is 45.9. The lowest BCUT2D eigenvalue weighted by atomic mass is 10.0. The molecule has 4 aliphatic rings. The fraction of sp³-hybridized carbons (Fsp3) is 1.00. The largest absolute Gasteiger partial charge is 0.311 e. The topological polar surface area (TPSA) is 15.3 Å². The molecule has 2 bridgehead atoms. The van der Waals surface area contributed by atoms with E-state index in [2.05, 4.69) is 24.1 Å². The predicted molar refractivity (Wildman–Crippen MR) is 79.0 cm³/mol. The molecule has 1 aliphatic heterocycles. The van der Waals surface area contributed by atoms with Crippen LogP contribution in [0, 0.1) is 29.6 Å². The van der Waals surface area contributed by atoms with Gasteiger partial charge in [-0.3, -0.25) is 0 Å². The number of nitrogens with zero attached hydrogens (tertiary/aromatic N) is 1. The molecule has 3 aliphatic carbocycles. The third-order valence-electron chi connectivity index (χ3n) is 6.37. The zero-order chi connectivity index (χ0) is 13.0. The van der Waals surface area contributed by atoms with E-state index in [0.29, 0.717) is 0 Å². The molecule has 0 radical (unpaired) electrons. The van der Waals surface area contributed by atoms with Gasteiger partial charge < -0.3 is 10.2 Å². The van der Waals surface area contributed by atoms with Crippen molar-refractivity contribution in [3.63, 3.8) is 0 Å². The number of likely N-dealkylation sites (tertiary alicyclic amines) is 1. The maximum Gasteiger partial charge on any atom is 0.0138 e. The van der Waals surface area contributed by atoms with Crippen molar-refractivity contribution in [1.29, 1.82) is 0 Å². The van der Waals surface area contributed by atoms with E-state index in [1.54, 1.807) is 19.3 Å². The molecule has 19 heavy (non-hydrogen) atoms. The zero-order valence-electron chi connectivity index (χ0n) is 12.6. The Hall–Kier alpha value is -0.0800. The molecule has 108 valence electrons. The summed E-state index contributed by atoms with van der Waals surface area (Å²) in [6.07, 6.45) is 7.46. The Morgan fingerprint density at radius 1 is 1.00 bits per heavy atom. The minimum absolute atomic E-state index is 0.822. The molecular formula is C17H30N2. The summed E-state index contributed by atoms with van der Waals surface area (Å²) in [6.45, 7) is 8.62. The van der Waals surface area contributed by atoms with Crippen LogP contribution in [-0.2, 0) is 0 Å². The number of nitrogens with one attached hydrogen (secondary N) is 1. The van der Waals surface area contributed by atoms with Gasteiger partial charge in [-0.2, -0.15) is 0 Å². The second kappa shape index (κ2) is 4.73. The third kappa shape index (κ3) is 2.25. The van der Waals surface area contributed by atoms with Gasteiger partial charge in [0.1, 0.15) is 0 Å². The molecule has 1 saturated heterocycles. The summed E-state index contributed by atoms with van der Waals surface area (Å²) in [4.78, 5) is 2.67. The molecule has 0 aromatic heterocycles. The molecule has 4 fully saturated rings. The van der Waals surface area contributed by atoms with Gasteiger partial charge in [-0.1, -0.05) is 13.8 Å². The SMILES string of the molecule is CC(C)CN1CCC(NC2C3C4CCC(C4)C23)CC1. The van der Waals surface area contributed by atoms with Crippen LogP contribution < -0.4 is 5.32 Å². The lowest BCUT2D eigenvalue weighted by Gasteiger charge is -2.34. The fourth-order valence-electron chi connectivity index (χ4n) is 5.62. The summed E-state index contributed by atoms with van der Waals surface area (Å²) >= 11 is 0. The first-order valence-electron chi connectivity index (χ1n) is 8.71. The molecule has 1 heterocycles. The summed E-state index contributed by atoms with van der Waals surface area (Å²) in [5.41, 5.74) is 0. The summed E-state index contributed by atoms with van der Waals surface area (Å²) in [5.74, 6) is 5.27. The maximum atomic E-state index is 4.04. The number of rotatable bonds is 4. The Labute approximate surface area is 118 Å². The minimum atomic E-state index is 0.822. The molecule has 2 nitrogen and oxygen atoms in total. The van der Waals surface area contributed by atoms with Gasteiger partial charge in [0.05, 0.1) is 0 Å². The summed E-state index contributed by atoms with van der Waals surface area (Å²) in [5, 5.41) is 4.04. The van der Waals surface area contributed by atoms with E-state index in [-0.39, 0.29) is 0 Å². The highest BCUT2D eigenvalue weighted by Crippen LogP contribution is 2.65. The molecule has 0 aromatic carbocycles. The molecule has 4 atom stereocenters. The van der Waals surface area contributed by atoms with Crippen LogP contribution in [0.1, 0.15) is 46.0 Å². The van der Waals surface area contributed by atoms with E-state index >= 15 is 0 Å². The van der Waals surface area contributed by atoms with Crippen LogP contribution in [0.25, 0.3) is 0 Å². The van der Waals surface area contributed by atoms with Crippen molar-refractivity contribution < 1.29 is 0 Å². The number of hydrogen-bond donors (Lipinski definition) is 1. The van der Waals surface area contributed by atoms with Crippen molar-refractivity contribution in [3.05, 3.63) is 0 Å². The lowest BCUT2D eigenvalue weighted by Crippen LogP contribution is -2.45. The van der Waals surface area contributed by atoms with E-state index in [9.17, 15) is 0 Å². The van der Waals surface area contributed by atoms with Gasteiger partial charge in [-0.05, 0) is 74.8 Å². The van der Waals surface area contributed by atoms with Crippen molar-refractivity contribution in [1.82, 2.24) is 10.2 Å². The zero-order valence-corrected chi connectivity index (χ0v) is 12.6. The Morgan fingerprint density at radius 3 is 2.21 bits per heavy atom. The Morgan fingerprint density at radius 2 is 1.63 bits per heavy atom. The Kier molecular flexibility index (Phi) is 3.15. The van der Waals surface area contributed by atoms with Crippen LogP contribution in [0.15, 0.2) is 0 Å². The van der Waals surface area contributed by atoms with Crippen molar-refractivity contribution in [2.24, 2.45) is 29.6 Å². The molecule has 4 unspecified atom stereocenters. The second-order valence-electron chi connectivity index (χ2n) is 8.15. The minimum Gasteiger partial charge on any atom is -0.311 e. The monoisotopic (exact) mass is 262 g/mol. The van der Waals surface area contributed by atoms with E-state index in [0.717, 1.165) is 41.7 Å². The molecular weight excluding hydrogens is 232 g/mol. The van der Waals surface area contributed by atoms with Crippen LogP contribution >= 0.6 is 0 Å². The first-order chi connectivity index (χ1) is 9.22. The highest BCUT2D eigenvalue weighted by Gasteiger charge is 2.64. The van der Waals surface area contributed by atoms with Crippen LogP contribution in [0.3, 0.4) is 0 Å². The van der Waals surface area contributed by atoms with Gasteiger partial charge in [0.2, 0.25) is 0 Å². The van der Waals surface area contributed by atoms with E-state index < -0.39 is 0 Å². The molecule has 0 spiro atoms. The molecule has 3 saturated carbocycles. The lowest BCUT2D eigenvalue weighted by molar-refractivity contribution is 0.176. The fourth-order valence-corrected chi connectivity index (χ4v) is 5.62. The quantitative estimate of drug-likeness (QED) is 0.838. The molecule has 1 N–H and O–H groups in total. The smallest absolute Gasteiger partial charge is 0.0138 e. The van der Waals surface area contributed by atoms with Crippen molar-refractivity contribution in [3.8, 4) is 0 Å². The van der Waals surface area contributed by atoms with Gasteiger partial charge in [-0.15, -0.1) is 0 Å². The highest BCUT2D eigenvalue weighted by atomic mass is 15.2. The van der Waals surface area contributed by atoms with Gasteiger partial charge in [0.15, 0.2) is 0 Å². The van der Waals surface area contributed by atoms with Crippen LogP contribution in [-0.4, -0.2) is 36.6 Å². The Balaban J connectivity index is 1.24. The predicted octanol–water partition coefficient (Wildman–Crippen LogP) is 2.74. The summed E-state index contributed by atoms with van der Waals surface area (Å²) < 4.78 is 0. The molecule has 2 heteroatoms. The average Bonchev–Trinajstić information content (AvgIpc) is 2.79. The van der Waals surface area contributed by atoms with Crippen LogP contribution in [0.2, 0.25) is 0 Å². The standard InChI is InChI=1S/C17H30N2/c1-11(2)10-19-7-5-14(6-8-19)18-17-15-12-3-4-13(9-12)16(15)17/h11-18H,3-10H2,1-2H3. The van der Waals surface area contributed by atoms with Gasteiger partial charge in [-0.25, -0.2) is 0 Å². The van der Waals surface area contributed by atoms with Gasteiger partial charge in [0, 0.05) is 18.6 Å². The van der Waals surface area contributed by atoms with Crippen molar-refractivity contribution in [2.75, 3.05) is 19.6 Å². The van der Waals surface area contributed by atoms with Gasteiger partial charge in [0.25, 0.3) is 0 Å². The number of piperidine rings is 1. The van der Waals surface area contributed by atoms with E-state index in [1.165, 1.54) is 32.5 Å². The van der Waals surface area contributed by atoms with E-state index in [1.807, 2.05) is 0 Å². The average molecular weight is 262 g/mol. The third-order valence-corrected chi connectivity index (χ3v) is 6.37. The Bertz CT molecular complexity index is 316. The molecule has 0 amide bonds. The summed E-state index contributed by atoms with van der Waals surface area (Å²) in [7, 11) is 0. The highest BCUT2D eigenvalue weighted by molar-refractivity contribution is 5.17. The van der Waals surface area contributed by atoms with E-state index in [4.69, 9.17) is 0 Å². The summed E-state index contributed by atoms with van der Waals surface area (Å²) in [6, 6.07) is 1.77. The van der Waals surface area contributed by atoms with Crippen LogP contribution in [0.4, 0.5) is 0 Å². The maximum absolute atomic E-state index is 4.04. The first kappa shape index (κ1) is 12.6. The second-order valence-corrected chi connectivity index (χ2v) is 8.15. The first-order valence-corrected chi connectivity index (χ1v) is 8.71. The number of hydrogen-bond acceptors (Lipinski definition) is 2.